The van der Waals surface area contributed by atoms with Gasteiger partial charge in [0.05, 0.1) is 8.07 Å². The summed E-state index contributed by atoms with van der Waals surface area (Å²) in [5, 5.41) is 0. The Morgan fingerprint density at radius 3 is 2.40 bits per heavy atom. The molecule has 0 aromatic carbocycles. The molecule has 0 N–H and O–H groups in total. The predicted octanol–water partition coefficient (Wildman–Crippen LogP) is 3.66. The first-order valence-electron chi connectivity index (χ1n) is 4.67. The lowest BCUT2D eigenvalue weighted by Gasteiger charge is -2.36. The van der Waals surface area contributed by atoms with Crippen LogP contribution in [0.5, 0.6) is 0 Å². The third-order valence-electron chi connectivity index (χ3n) is 3.22. The predicted molar refractivity (Wildman–Crippen MR) is 50.2 cm³/mol. The third-order valence-corrected chi connectivity index (χ3v) is 7.77. The van der Waals surface area contributed by atoms with E-state index in [0.717, 1.165) is 5.54 Å². The Bertz CT molecular complexity index is 107. The Morgan fingerprint density at radius 1 is 1.30 bits per heavy atom. The van der Waals surface area contributed by atoms with Crippen molar-refractivity contribution in [3.63, 3.8) is 0 Å². The molecule has 0 nitrogen and oxygen atoms in total. The molecule has 1 atom stereocenters. The highest BCUT2D eigenvalue weighted by Crippen LogP contribution is 2.39. The molecule has 0 bridgehead atoms. The van der Waals surface area contributed by atoms with E-state index in [4.69, 9.17) is 0 Å². The zero-order valence-corrected chi connectivity index (χ0v) is 8.61. The molecule has 1 saturated heterocycles. The van der Waals surface area contributed by atoms with Gasteiger partial charge in [0, 0.05) is 0 Å². The molecule has 0 saturated carbocycles. The van der Waals surface area contributed by atoms with Crippen LogP contribution < -0.4 is 0 Å². The van der Waals surface area contributed by atoms with Gasteiger partial charge in [-0.25, -0.2) is 0 Å². The monoisotopic (exact) mass is 156 g/mol. The minimum atomic E-state index is -0.720. The molecule has 0 aromatic rings. The van der Waals surface area contributed by atoms with Gasteiger partial charge in [0.15, 0.2) is 0 Å². The second kappa shape index (κ2) is 3.08. The van der Waals surface area contributed by atoms with Crippen molar-refractivity contribution in [1.29, 1.82) is 0 Å². The highest BCUT2D eigenvalue weighted by molar-refractivity contribution is 6.78. The molecule has 1 rings (SSSR count). The SMILES string of the molecule is CCC1CCCC[Si]1(C)C. The van der Waals surface area contributed by atoms with Crippen LogP contribution in [0, 0.1) is 0 Å². The Balaban J connectivity index is 2.51. The van der Waals surface area contributed by atoms with E-state index in [1.165, 1.54) is 25.7 Å². The van der Waals surface area contributed by atoms with Gasteiger partial charge in [-0.15, -0.1) is 0 Å². The van der Waals surface area contributed by atoms with Crippen molar-refractivity contribution in [3.05, 3.63) is 0 Å². The van der Waals surface area contributed by atoms with E-state index in [-0.39, 0.29) is 0 Å². The van der Waals surface area contributed by atoms with E-state index in [1.54, 1.807) is 6.04 Å². The van der Waals surface area contributed by atoms with Crippen LogP contribution in [-0.4, -0.2) is 8.07 Å². The average Bonchev–Trinajstić information content (AvgIpc) is 1.87. The van der Waals surface area contributed by atoms with E-state index in [2.05, 4.69) is 20.0 Å². The summed E-state index contributed by atoms with van der Waals surface area (Å²) >= 11 is 0. The first kappa shape index (κ1) is 8.31. The molecule has 1 heteroatoms. The second-order valence-electron chi connectivity index (χ2n) is 4.34. The Labute approximate surface area is 66.0 Å². The molecule has 0 spiro atoms. The minimum Gasteiger partial charge on any atom is -0.0691 e. The lowest BCUT2D eigenvalue weighted by molar-refractivity contribution is 0.594. The van der Waals surface area contributed by atoms with Crippen LogP contribution in [0.15, 0.2) is 0 Å². The van der Waals surface area contributed by atoms with Crippen LogP contribution in [0.2, 0.25) is 24.7 Å². The number of hydrogen-bond acceptors (Lipinski definition) is 0. The summed E-state index contributed by atoms with van der Waals surface area (Å²) in [5.74, 6) is 0. The molecule has 60 valence electrons. The van der Waals surface area contributed by atoms with Gasteiger partial charge >= 0.3 is 0 Å². The van der Waals surface area contributed by atoms with Gasteiger partial charge in [-0.05, 0) is 5.54 Å². The Morgan fingerprint density at radius 2 is 2.00 bits per heavy atom. The van der Waals surface area contributed by atoms with Crippen molar-refractivity contribution in [2.75, 3.05) is 0 Å². The summed E-state index contributed by atoms with van der Waals surface area (Å²) in [6, 6.07) is 1.59. The van der Waals surface area contributed by atoms with Crippen LogP contribution in [0.3, 0.4) is 0 Å². The van der Waals surface area contributed by atoms with Gasteiger partial charge in [-0.3, -0.25) is 0 Å². The zero-order valence-electron chi connectivity index (χ0n) is 7.61. The van der Waals surface area contributed by atoms with Crippen LogP contribution in [0.1, 0.15) is 32.6 Å². The quantitative estimate of drug-likeness (QED) is 0.508. The van der Waals surface area contributed by atoms with Crippen molar-refractivity contribution in [3.8, 4) is 0 Å². The van der Waals surface area contributed by atoms with E-state index < -0.39 is 8.07 Å². The first-order chi connectivity index (χ1) is 4.67. The highest BCUT2D eigenvalue weighted by Gasteiger charge is 2.32. The molecule has 1 fully saturated rings. The van der Waals surface area contributed by atoms with E-state index in [1.807, 2.05) is 0 Å². The van der Waals surface area contributed by atoms with Gasteiger partial charge in [-0.2, -0.15) is 0 Å². The van der Waals surface area contributed by atoms with Crippen LogP contribution in [0.25, 0.3) is 0 Å². The molecule has 10 heavy (non-hydrogen) atoms. The van der Waals surface area contributed by atoms with Crippen molar-refractivity contribution >= 4 is 8.07 Å². The molecule has 0 aromatic heterocycles. The summed E-state index contributed by atoms with van der Waals surface area (Å²) in [5.41, 5.74) is 1.14. The van der Waals surface area contributed by atoms with E-state index >= 15 is 0 Å². The van der Waals surface area contributed by atoms with Gasteiger partial charge < -0.3 is 0 Å². The molecule has 1 heterocycles. The van der Waals surface area contributed by atoms with Crippen LogP contribution >= 0.6 is 0 Å². The largest absolute Gasteiger partial charge is 0.0691 e. The maximum atomic E-state index is 2.57. The average molecular weight is 156 g/mol. The molecular weight excluding hydrogens is 136 g/mol. The summed E-state index contributed by atoms with van der Waals surface area (Å²) < 4.78 is 0. The fraction of sp³-hybridized carbons (Fsp3) is 1.00. The van der Waals surface area contributed by atoms with Crippen molar-refractivity contribution in [1.82, 2.24) is 0 Å². The molecule has 0 aliphatic carbocycles. The Kier molecular flexibility index (Phi) is 2.56. The molecule has 1 unspecified atom stereocenters. The Hall–Kier alpha value is 0.217. The maximum Gasteiger partial charge on any atom is 0.0504 e. The third kappa shape index (κ3) is 1.63. The normalized spacial score (nSPS) is 32.1. The topological polar surface area (TPSA) is 0 Å². The summed E-state index contributed by atoms with van der Waals surface area (Å²) in [4.78, 5) is 0. The fourth-order valence-corrected chi connectivity index (χ4v) is 5.98. The first-order valence-corrected chi connectivity index (χ1v) is 7.95. The van der Waals surface area contributed by atoms with Gasteiger partial charge in [-0.1, -0.05) is 51.7 Å². The molecule has 0 radical (unpaired) electrons. The van der Waals surface area contributed by atoms with E-state index in [9.17, 15) is 0 Å². The van der Waals surface area contributed by atoms with Crippen molar-refractivity contribution in [2.45, 2.75) is 57.3 Å². The van der Waals surface area contributed by atoms with Crippen molar-refractivity contribution in [2.24, 2.45) is 0 Å². The lowest BCUT2D eigenvalue weighted by atomic mass is 10.1. The second-order valence-corrected chi connectivity index (χ2v) is 9.63. The molecular formula is C9H20Si. The van der Waals surface area contributed by atoms with Gasteiger partial charge in [0.25, 0.3) is 0 Å². The lowest BCUT2D eigenvalue weighted by Crippen LogP contribution is -2.34. The van der Waals surface area contributed by atoms with Gasteiger partial charge in [0.1, 0.15) is 0 Å². The van der Waals surface area contributed by atoms with Gasteiger partial charge in [0.2, 0.25) is 0 Å². The smallest absolute Gasteiger partial charge is 0.0504 e. The summed E-state index contributed by atoms with van der Waals surface area (Å²) in [6.45, 7) is 7.51. The molecule has 1 aliphatic heterocycles. The standard InChI is InChI=1S/C9H20Si/c1-4-9-7-5-6-8-10(9,2)3/h9H,4-8H2,1-3H3. The minimum absolute atomic E-state index is 0.720. The molecule has 1 aliphatic rings. The number of rotatable bonds is 1. The van der Waals surface area contributed by atoms with E-state index in [0.29, 0.717) is 0 Å². The van der Waals surface area contributed by atoms with Crippen LogP contribution in [0.4, 0.5) is 0 Å². The summed E-state index contributed by atoms with van der Waals surface area (Å²) in [6.07, 6.45) is 6.01. The number of hydrogen-bond donors (Lipinski definition) is 0. The fourth-order valence-electron chi connectivity index (χ4n) is 2.32. The van der Waals surface area contributed by atoms with Crippen LogP contribution in [-0.2, 0) is 0 Å². The summed E-state index contributed by atoms with van der Waals surface area (Å²) in [7, 11) is -0.720. The highest BCUT2D eigenvalue weighted by atomic mass is 28.3. The zero-order chi connectivity index (χ0) is 7.61. The molecule has 0 amide bonds. The van der Waals surface area contributed by atoms with Crippen molar-refractivity contribution < 1.29 is 0 Å². The maximum absolute atomic E-state index is 2.57.